The monoisotopic (exact) mass is 253 g/mol. The first-order chi connectivity index (χ1) is 8.61. The van der Waals surface area contributed by atoms with Gasteiger partial charge in [0.25, 0.3) is 0 Å². The van der Waals surface area contributed by atoms with Crippen molar-refractivity contribution >= 4 is 11.8 Å². The molecular weight excluding hydrogens is 233 g/mol. The fourth-order valence-electron chi connectivity index (χ4n) is 2.06. The van der Waals surface area contributed by atoms with Crippen molar-refractivity contribution in [3.05, 3.63) is 12.0 Å². The van der Waals surface area contributed by atoms with Gasteiger partial charge in [-0.05, 0) is 20.9 Å². The molecule has 0 amide bonds. The highest BCUT2D eigenvalue weighted by atomic mass is 19.1. The molecule has 0 radical (unpaired) electrons. The van der Waals surface area contributed by atoms with E-state index in [1.165, 1.54) is 6.20 Å². The summed E-state index contributed by atoms with van der Waals surface area (Å²) in [7, 11) is 2.09. The van der Waals surface area contributed by atoms with E-state index < -0.39 is 0 Å². The number of piperazine rings is 1. The van der Waals surface area contributed by atoms with E-state index in [4.69, 9.17) is 0 Å². The lowest BCUT2D eigenvalue weighted by atomic mass is 10.2. The van der Waals surface area contributed by atoms with E-state index in [9.17, 15) is 4.39 Å². The lowest BCUT2D eigenvalue weighted by Crippen LogP contribution is -2.50. The van der Waals surface area contributed by atoms with Crippen LogP contribution in [-0.2, 0) is 0 Å². The van der Waals surface area contributed by atoms with Gasteiger partial charge in [-0.1, -0.05) is 0 Å². The Bertz CT molecular complexity index is 411. The quantitative estimate of drug-likeness (QED) is 0.876. The van der Waals surface area contributed by atoms with Crippen LogP contribution in [0.15, 0.2) is 6.20 Å². The van der Waals surface area contributed by atoms with E-state index in [0.29, 0.717) is 17.8 Å². The highest BCUT2D eigenvalue weighted by Crippen LogP contribution is 2.20. The van der Waals surface area contributed by atoms with E-state index in [1.807, 2.05) is 11.8 Å². The molecule has 1 fully saturated rings. The number of anilines is 2. The Morgan fingerprint density at radius 3 is 2.94 bits per heavy atom. The molecule has 1 atom stereocenters. The van der Waals surface area contributed by atoms with Gasteiger partial charge in [-0.15, -0.1) is 0 Å². The van der Waals surface area contributed by atoms with Crippen LogP contribution < -0.4 is 10.2 Å². The molecule has 0 aromatic carbocycles. The summed E-state index contributed by atoms with van der Waals surface area (Å²) in [4.78, 5) is 12.4. The molecule has 2 heterocycles. The first-order valence-electron chi connectivity index (χ1n) is 6.33. The first kappa shape index (κ1) is 13.0. The van der Waals surface area contributed by atoms with Crippen molar-refractivity contribution < 1.29 is 4.39 Å². The minimum Gasteiger partial charge on any atom is -0.354 e. The van der Waals surface area contributed by atoms with Crippen LogP contribution in [0.3, 0.4) is 0 Å². The van der Waals surface area contributed by atoms with Gasteiger partial charge in [0.1, 0.15) is 0 Å². The van der Waals surface area contributed by atoms with Gasteiger partial charge in [0.15, 0.2) is 11.6 Å². The molecule has 18 heavy (non-hydrogen) atoms. The first-order valence-corrected chi connectivity index (χ1v) is 6.33. The summed E-state index contributed by atoms with van der Waals surface area (Å²) in [6.45, 7) is 7.32. The maximum Gasteiger partial charge on any atom is 0.224 e. The maximum atomic E-state index is 13.8. The second-order valence-corrected chi connectivity index (χ2v) is 4.67. The van der Waals surface area contributed by atoms with Gasteiger partial charge in [-0.25, -0.2) is 9.37 Å². The van der Waals surface area contributed by atoms with Crippen LogP contribution in [-0.4, -0.2) is 54.1 Å². The van der Waals surface area contributed by atoms with Crippen molar-refractivity contribution in [3.63, 3.8) is 0 Å². The van der Waals surface area contributed by atoms with Crippen LogP contribution in [0, 0.1) is 5.82 Å². The normalized spacial score (nSPS) is 21.1. The van der Waals surface area contributed by atoms with E-state index in [-0.39, 0.29) is 5.82 Å². The number of hydrogen-bond acceptors (Lipinski definition) is 5. The molecule has 0 saturated carbocycles. The SMILES string of the molecule is CCNc1ncc(F)c(N2CCN(C)C(C)C2)n1. The summed E-state index contributed by atoms with van der Waals surface area (Å²) in [6, 6.07) is 0.399. The predicted molar refractivity (Wildman–Crippen MR) is 70.5 cm³/mol. The molecule has 1 aromatic rings. The molecule has 1 aromatic heterocycles. The zero-order chi connectivity index (χ0) is 13.1. The third-order valence-electron chi connectivity index (χ3n) is 3.32. The van der Waals surface area contributed by atoms with E-state index in [1.54, 1.807) is 0 Å². The van der Waals surface area contributed by atoms with Crippen molar-refractivity contribution in [1.82, 2.24) is 14.9 Å². The average molecular weight is 253 g/mol. The smallest absolute Gasteiger partial charge is 0.224 e. The fraction of sp³-hybridized carbons (Fsp3) is 0.667. The summed E-state index contributed by atoms with van der Waals surface area (Å²) in [5, 5.41) is 3.01. The Morgan fingerprint density at radius 2 is 2.28 bits per heavy atom. The molecule has 0 bridgehead atoms. The molecule has 1 unspecified atom stereocenters. The van der Waals surface area contributed by atoms with E-state index in [2.05, 4.69) is 34.2 Å². The number of halogens is 1. The van der Waals surface area contributed by atoms with Crippen LogP contribution >= 0.6 is 0 Å². The Labute approximate surface area is 107 Å². The zero-order valence-corrected chi connectivity index (χ0v) is 11.1. The number of hydrogen-bond donors (Lipinski definition) is 1. The number of nitrogens with one attached hydrogen (secondary N) is 1. The summed E-state index contributed by atoms with van der Waals surface area (Å²) >= 11 is 0. The molecule has 1 aliphatic rings. The standard InChI is InChI=1S/C12H20FN5/c1-4-14-12-15-7-10(13)11(16-12)18-6-5-17(3)9(2)8-18/h7,9H,4-6,8H2,1-3H3,(H,14,15,16). The average Bonchev–Trinajstić information content (AvgIpc) is 2.35. The molecule has 0 aliphatic carbocycles. The molecule has 0 spiro atoms. The third-order valence-corrected chi connectivity index (χ3v) is 3.32. The van der Waals surface area contributed by atoms with Crippen LogP contribution in [0.25, 0.3) is 0 Å². The highest BCUT2D eigenvalue weighted by molar-refractivity contribution is 5.44. The minimum absolute atomic E-state index is 0.353. The lowest BCUT2D eigenvalue weighted by Gasteiger charge is -2.38. The molecule has 2 rings (SSSR count). The lowest BCUT2D eigenvalue weighted by molar-refractivity contribution is 0.232. The zero-order valence-electron chi connectivity index (χ0n) is 11.1. The van der Waals surface area contributed by atoms with Crippen LogP contribution in [0.4, 0.5) is 16.2 Å². The topological polar surface area (TPSA) is 44.3 Å². The molecule has 1 N–H and O–H groups in total. The Kier molecular flexibility index (Phi) is 3.96. The molecule has 5 nitrogen and oxygen atoms in total. The molecule has 6 heteroatoms. The Hall–Kier alpha value is -1.43. The second kappa shape index (κ2) is 5.48. The van der Waals surface area contributed by atoms with Gasteiger partial charge in [0.05, 0.1) is 6.20 Å². The molecule has 1 saturated heterocycles. The van der Waals surface area contributed by atoms with Crippen molar-refractivity contribution in [2.24, 2.45) is 0 Å². The van der Waals surface area contributed by atoms with Gasteiger partial charge in [0.2, 0.25) is 5.95 Å². The van der Waals surface area contributed by atoms with Crippen LogP contribution in [0.1, 0.15) is 13.8 Å². The number of rotatable bonds is 3. The van der Waals surface area contributed by atoms with Crippen LogP contribution in [0.2, 0.25) is 0 Å². The number of nitrogens with zero attached hydrogens (tertiary/aromatic N) is 4. The second-order valence-electron chi connectivity index (χ2n) is 4.67. The Morgan fingerprint density at radius 1 is 1.50 bits per heavy atom. The van der Waals surface area contributed by atoms with Crippen molar-refractivity contribution in [2.75, 3.05) is 43.4 Å². The van der Waals surface area contributed by atoms with Crippen molar-refractivity contribution in [3.8, 4) is 0 Å². The summed E-state index contributed by atoms with van der Waals surface area (Å²) in [6.07, 6.45) is 1.24. The summed E-state index contributed by atoms with van der Waals surface area (Å²) in [5.41, 5.74) is 0. The van der Waals surface area contributed by atoms with Gasteiger partial charge < -0.3 is 15.1 Å². The Balaban J connectivity index is 2.19. The molecular formula is C12H20FN5. The number of likely N-dealkylation sites (N-methyl/N-ethyl adjacent to an activating group) is 1. The van der Waals surface area contributed by atoms with Gasteiger partial charge >= 0.3 is 0 Å². The maximum absolute atomic E-state index is 13.8. The molecule has 1 aliphatic heterocycles. The van der Waals surface area contributed by atoms with Gasteiger partial charge in [0, 0.05) is 32.2 Å². The summed E-state index contributed by atoms with van der Waals surface area (Å²) < 4.78 is 13.8. The third kappa shape index (κ3) is 2.69. The largest absolute Gasteiger partial charge is 0.354 e. The minimum atomic E-state index is -0.353. The fourth-order valence-corrected chi connectivity index (χ4v) is 2.06. The van der Waals surface area contributed by atoms with Crippen molar-refractivity contribution in [1.29, 1.82) is 0 Å². The van der Waals surface area contributed by atoms with E-state index in [0.717, 1.165) is 26.2 Å². The number of aromatic nitrogens is 2. The summed E-state index contributed by atoms with van der Waals surface area (Å²) in [5.74, 6) is 0.537. The highest BCUT2D eigenvalue weighted by Gasteiger charge is 2.24. The van der Waals surface area contributed by atoms with Gasteiger partial charge in [-0.2, -0.15) is 4.98 Å². The predicted octanol–water partition coefficient (Wildman–Crippen LogP) is 1.19. The van der Waals surface area contributed by atoms with E-state index >= 15 is 0 Å². The van der Waals surface area contributed by atoms with Gasteiger partial charge in [-0.3, -0.25) is 0 Å². The van der Waals surface area contributed by atoms with Crippen molar-refractivity contribution in [2.45, 2.75) is 19.9 Å². The van der Waals surface area contributed by atoms with Crippen LogP contribution in [0.5, 0.6) is 0 Å². The molecule has 100 valence electrons.